The zero-order chi connectivity index (χ0) is 18.4. The number of rotatable bonds is 7. The largest absolute Gasteiger partial charge is 0.352 e. The highest BCUT2D eigenvalue weighted by Crippen LogP contribution is 2.13. The number of carbonyl (C=O) groups excluding carboxylic acids is 1. The SMILES string of the molecule is Cc1csc(=O)n1CCC(=O)NCc1ccc(CN2CCCCC2)cc1. The van der Waals surface area contributed by atoms with Crippen molar-refractivity contribution in [2.75, 3.05) is 13.1 Å². The predicted octanol–water partition coefficient (Wildman–Crippen LogP) is 2.91. The number of amides is 1. The molecule has 1 fully saturated rings. The molecule has 5 nitrogen and oxygen atoms in total. The van der Waals surface area contributed by atoms with Crippen LogP contribution < -0.4 is 10.2 Å². The Hall–Kier alpha value is -1.92. The molecule has 2 heterocycles. The lowest BCUT2D eigenvalue weighted by Gasteiger charge is -2.26. The Morgan fingerprint density at radius 2 is 1.81 bits per heavy atom. The summed E-state index contributed by atoms with van der Waals surface area (Å²) in [6.45, 7) is 6.27. The van der Waals surface area contributed by atoms with Gasteiger partial charge in [0.25, 0.3) is 0 Å². The highest BCUT2D eigenvalue weighted by molar-refractivity contribution is 7.07. The lowest BCUT2D eigenvalue weighted by atomic mass is 10.1. The summed E-state index contributed by atoms with van der Waals surface area (Å²) in [7, 11) is 0. The lowest BCUT2D eigenvalue weighted by Crippen LogP contribution is -2.29. The van der Waals surface area contributed by atoms with Crippen LogP contribution in [0.1, 0.15) is 42.5 Å². The van der Waals surface area contributed by atoms with Crippen LogP contribution in [0.25, 0.3) is 0 Å². The normalized spacial score (nSPS) is 15.1. The van der Waals surface area contributed by atoms with E-state index in [1.54, 1.807) is 4.57 Å². The van der Waals surface area contributed by atoms with Crippen LogP contribution in [0.4, 0.5) is 0 Å². The Kier molecular flexibility index (Phi) is 6.63. The second kappa shape index (κ2) is 9.14. The average Bonchev–Trinajstić information content (AvgIpc) is 2.98. The van der Waals surface area contributed by atoms with E-state index in [4.69, 9.17) is 0 Å². The van der Waals surface area contributed by atoms with Gasteiger partial charge >= 0.3 is 4.87 Å². The first-order chi connectivity index (χ1) is 12.6. The standard InChI is InChI=1S/C20H27N3O2S/c1-16-15-26-20(25)23(16)12-9-19(24)21-13-17-5-7-18(8-6-17)14-22-10-3-2-4-11-22/h5-8,15H,2-4,9-14H2,1H3,(H,21,24). The summed E-state index contributed by atoms with van der Waals surface area (Å²) in [6.07, 6.45) is 4.29. The molecule has 140 valence electrons. The molecule has 0 atom stereocenters. The minimum atomic E-state index is -0.0279. The van der Waals surface area contributed by atoms with Crippen LogP contribution in [0.5, 0.6) is 0 Å². The number of benzene rings is 1. The zero-order valence-corrected chi connectivity index (χ0v) is 16.2. The summed E-state index contributed by atoms with van der Waals surface area (Å²) in [5.41, 5.74) is 3.34. The van der Waals surface area contributed by atoms with Crippen molar-refractivity contribution in [1.82, 2.24) is 14.8 Å². The monoisotopic (exact) mass is 373 g/mol. The van der Waals surface area contributed by atoms with E-state index in [0.717, 1.165) is 17.8 Å². The third-order valence-electron chi connectivity index (χ3n) is 4.91. The topological polar surface area (TPSA) is 54.3 Å². The van der Waals surface area contributed by atoms with Gasteiger partial charge in [-0.1, -0.05) is 42.0 Å². The molecule has 1 N–H and O–H groups in total. The van der Waals surface area contributed by atoms with Crippen LogP contribution in [0.3, 0.4) is 0 Å². The van der Waals surface area contributed by atoms with Crippen molar-refractivity contribution in [3.8, 4) is 0 Å². The maximum Gasteiger partial charge on any atom is 0.307 e. The van der Waals surface area contributed by atoms with Crippen molar-refractivity contribution in [3.05, 3.63) is 56.1 Å². The first-order valence-corrected chi connectivity index (χ1v) is 10.2. The fourth-order valence-electron chi connectivity index (χ4n) is 3.32. The molecule has 1 aliphatic rings. The van der Waals surface area contributed by atoms with E-state index in [0.29, 0.717) is 19.5 Å². The van der Waals surface area contributed by atoms with Crippen LogP contribution in [-0.4, -0.2) is 28.5 Å². The molecule has 3 rings (SSSR count). The Morgan fingerprint density at radius 1 is 1.12 bits per heavy atom. The van der Waals surface area contributed by atoms with Gasteiger partial charge in [0.2, 0.25) is 5.91 Å². The van der Waals surface area contributed by atoms with Crippen LogP contribution in [0, 0.1) is 6.92 Å². The van der Waals surface area contributed by atoms with E-state index in [9.17, 15) is 9.59 Å². The molecule has 0 radical (unpaired) electrons. The fraction of sp³-hybridized carbons (Fsp3) is 0.500. The summed E-state index contributed by atoms with van der Waals surface area (Å²) in [4.78, 5) is 26.2. The zero-order valence-electron chi connectivity index (χ0n) is 15.4. The number of thiazole rings is 1. The molecule has 2 aromatic rings. The highest BCUT2D eigenvalue weighted by Gasteiger charge is 2.10. The fourth-order valence-corrected chi connectivity index (χ4v) is 4.08. The van der Waals surface area contributed by atoms with Gasteiger partial charge in [0.05, 0.1) is 0 Å². The molecule has 0 saturated carbocycles. The van der Waals surface area contributed by atoms with E-state index in [-0.39, 0.29) is 10.8 Å². The molecular weight excluding hydrogens is 346 g/mol. The Labute approximate surface area is 158 Å². The number of carbonyl (C=O) groups is 1. The number of aromatic nitrogens is 1. The number of nitrogens with zero attached hydrogens (tertiary/aromatic N) is 2. The summed E-state index contributed by atoms with van der Waals surface area (Å²) in [6, 6.07) is 8.49. The molecule has 1 aliphatic heterocycles. The van der Waals surface area contributed by atoms with Crippen molar-refractivity contribution < 1.29 is 4.79 Å². The van der Waals surface area contributed by atoms with E-state index in [1.165, 1.54) is 49.3 Å². The number of piperidine rings is 1. The van der Waals surface area contributed by atoms with Crippen LogP contribution in [0.15, 0.2) is 34.4 Å². The molecule has 1 amide bonds. The average molecular weight is 374 g/mol. The van der Waals surface area contributed by atoms with E-state index < -0.39 is 0 Å². The number of hydrogen-bond acceptors (Lipinski definition) is 4. The highest BCUT2D eigenvalue weighted by atomic mass is 32.1. The summed E-state index contributed by atoms with van der Waals surface area (Å²) < 4.78 is 1.65. The minimum Gasteiger partial charge on any atom is -0.352 e. The molecule has 0 aliphatic carbocycles. The van der Waals surface area contributed by atoms with Crippen molar-refractivity contribution in [3.63, 3.8) is 0 Å². The van der Waals surface area contributed by atoms with E-state index in [2.05, 4.69) is 34.5 Å². The third kappa shape index (κ3) is 5.29. The summed E-state index contributed by atoms with van der Waals surface area (Å²) in [5.74, 6) is -0.0279. The van der Waals surface area contributed by atoms with E-state index in [1.807, 2.05) is 12.3 Å². The van der Waals surface area contributed by atoms with Gasteiger partial charge in [-0.05, 0) is 44.0 Å². The van der Waals surface area contributed by atoms with Gasteiger partial charge in [-0.2, -0.15) is 0 Å². The Balaban J connectivity index is 1.42. The van der Waals surface area contributed by atoms with Crippen molar-refractivity contribution in [2.45, 2.75) is 52.2 Å². The maximum atomic E-state index is 12.0. The van der Waals surface area contributed by atoms with Crippen LogP contribution >= 0.6 is 11.3 Å². The lowest BCUT2D eigenvalue weighted by molar-refractivity contribution is -0.121. The Bertz CT molecular complexity index is 773. The molecule has 0 unspecified atom stereocenters. The second-order valence-corrected chi connectivity index (χ2v) is 7.80. The predicted molar refractivity (Wildman–Crippen MR) is 105 cm³/mol. The first kappa shape index (κ1) is 18.9. The van der Waals surface area contributed by atoms with Gasteiger partial charge in [-0.3, -0.25) is 14.5 Å². The maximum absolute atomic E-state index is 12.0. The molecule has 1 saturated heterocycles. The van der Waals surface area contributed by atoms with Gasteiger partial charge in [-0.25, -0.2) is 0 Å². The molecular formula is C20H27N3O2S. The smallest absolute Gasteiger partial charge is 0.307 e. The quantitative estimate of drug-likeness (QED) is 0.812. The van der Waals surface area contributed by atoms with Gasteiger partial charge in [0.15, 0.2) is 0 Å². The first-order valence-electron chi connectivity index (χ1n) is 9.33. The summed E-state index contributed by atoms with van der Waals surface area (Å²) in [5, 5.41) is 4.76. The Morgan fingerprint density at radius 3 is 2.46 bits per heavy atom. The van der Waals surface area contributed by atoms with Gasteiger partial charge in [-0.15, -0.1) is 0 Å². The number of hydrogen-bond donors (Lipinski definition) is 1. The molecule has 6 heteroatoms. The third-order valence-corrected chi connectivity index (χ3v) is 5.79. The summed E-state index contributed by atoms with van der Waals surface area (Å²) >= 11 is 1.18. The second-order valence-electron chi connectivity index (χ2n) is 6.97. The van der Waals surface area contributed by atoms with Crippen molar-refractivity contribution in [1.29, 1.82) is 0 Å². The van der Waals surface area contributed by atoms with E-state index >= 15 is 0 Å². The molecule has 0 spiro atoms. The van der Waals surface area contributed by atoms with Gasteiger partial charge < -0.3 is 9.88 Å². The van der Waals surface area contributed by atoms with Gasteiger partial charge in [0, 0.05) is 37.1 Å². The molecule has 1 aromatic heterocycles. The number of nitrogens with one attached hydrogen (secondary N) is 1. The minimum absolute atomic E-state index is 0.000376. The molecule has 1 aromatic carbocycles. The molecule has 0 bridgehead atoms. The van der Waals surface area contributed by atoms with Crippen molar-refractivity contribution >= 4 is 17.2 Å². The van der Waals surface area contributed by atoms with Crippen molar-refractivity contribution in [2.24, 2.45) is 0 Å². The van der Waals surface area contributed by atoms with Gasteiger partial charge in [0.1, 0.15) is 0 Å². The van der Waals surface area contributed by atoms with Crippen LogP contribution in [0.2, 0.25) is 0 Å². The molecule has 26 heavy (non-hydrogen) atoms. The van der Waals surface area contributed by atoms with Crippen LogP contribution in [-0.2, 0) is 24.4 Å². The number of aryl methyl sites for hydroxylation is 1. The number of likely N-dealkylation sites (tertiary alicyclic amines) is 1.